The Morgan fingerprint density at radius 2 is 1.93 bits per heavy atom. The number of benzene rings is 1. The van der Waals surface area contributed by atoms with Crippen LogP contribution >= 0.6 is 35.3 Å². The van der Waals surface area contributed by atoms with Crippen molar-refractivity contribution in [3.63, 3.8) is 0 Å². The van der Waals surface area contributed by atoms with Gasteiger partial charge in [0.2, 0.25) is 0 Å². The van der Waals surface area contributed by atoms with Crippen LogP contribution in [0.1, 0.15) is 36.2 Å². The molecule has 0 spiro atoms. The second-order valence-corrected chi connectivity index (χ2v) is 8.85. The normalized spacial score (nSPS) is 17.1. The van der Waals surface area contributed by atoms with Gasteiger partial charge in [-0.2, -0.15) is 0 Å². The Morgan fingerprint density at radius 1 is 1.20 bits per heavy atom. The van der Waals surface area contributed by atoms with E-state index in [1.165, 1.54) is 10.4 Å². The average Bonchev–Trinajstić information content (AvgIpc) is 3.27. The molecular formula is C23H35IN4OS. The zero-order chi connectivity index (χ0) is 20.5. The van der Waals surface area contributed by atoms with Crippen molar-refractivity contribution in [2.75, 3.05) is 40.4 Å². The van der Waals surface area contributed by atoms with Crippen molar-refractivity contribution in [2.24, 2.45) is 4.99 Å². The summed E-state index contributed by atoms with van der Waals surface area (Å²) in [6.45, 7) is 5.62. The molecule has 1 aliphatic heterocycles. The van der Waals surface area contributed by atoms with Gasteiger partial charge in [-0.1, -0.05) is 36.4 Å². The minimum absolute atomic E-state index is 0. The summed E-state index contributed by atoms with van der Waals surface area (Å²) in [6, 6.07) is 15.2. The van der Waals surface area contributed by atoms with Crippen molar-refractivity contribution >= 4 is 41.3 Å². The van der Waals surface area contributed by atoms with E-state index < -0.39 is 0 Å². The van der Waals surface area contributed by atoms with Crippen LogP contribution in [0.25, 0.3) is 0 Å². The number of thiophene rings is 1. The fourth-order valence-electron chi connectivity index (χ4n) is 3.89. The molecule has 0 saturated carbocycles. The monoisotopic (exact) mass is 542 g/mol. The summed E-state index contributed by atoms with van der Waals surface area (Å²) >= 11 is 1.81. The van der Waals surface area contributed by atoms with Crippen molar-refractivity contribution in [1.29, 1.82) is 0 Å². The van der Waals surface area contributed by atoms with Gasteiger partial charge < -0.3 is 20.3 Å². The lowest BCUT2D eigenvalue weighted by molar-refractivity contribution is 0.0353. The Labute approximate surface area is 202 Å². The minimum atomic E-state index is -0.00194. The van der Waals surface area contributed by atoms with Gasteiger partial charge in [-0.3, -0.25) is 4.99 Å². The smallest absolute Gasteiger partial charge is 0.193 e. The van der Waals surface area contributed by atoms with Crippen LogP contribution in [0.2, 0.25) is 0 Å². The van der Waals surface area contributed by atoms with Crippen LogP contribution in [0, 0.1) is 0 Å². The van der Waals surface area contributed by atoms with Gasteiger partial charge in [0.05, 0.1) is 0 Å². The van der Waals surface area contributed by atoms with E-state index in [1.807, 2.05) is 18.4 Å². The summed E-state index contributed by atoms with van der Waals surface area (Å²) in [7, 11) is 3.97. The van der Waals surface area contributed by atoms with Gasteiger partial charge in [0.25, 0.3) is 0 Å². The molecule has 1 unspecified atom stereocenters. The molecule has 5 nitrogen and oxygen atoms in total. The van der Waals surface area contributed by atoms with Gasteiger partial charge in [-0.15, -0.1) is 35.3 Å². The number of guanidine groups is 1. The van der Waals surface area contributed by atoms with E-state index in [0.717, 1.165) is 51.5 Å². The first-order valence-electron chi connectivity index (χ1n) is 10.5. The maximum atomic E-state index is 5.67. The Hall–Kier alpha value is -1.16. The number of hydrogen-bond donors (Lipinski definition) is 2. The first kappa shape index (κ1) is 25.1. The van der Waals surface area contributed by atoms with Crippen molar-refractivity contribution in [3.05, 3.63) is 58.3 Å². The molecule has 1 aliphatic rings. The molecule has 7 heteroatoms. The van der Waals surface area contributed by atoms with Crippen molar-refractivity contribution < 1.29 is 4.74 Å². The third-order valence-electron chi connectivity index (χ3n) is 5.70. The predicted molar refractivity (Wildman–Crippen MR) is 138 cm³/mol. The van der Waals surface area contributed by atoms with E-state index in [0.29, 0.717) is 0 Å². The van der Waals surface area contributed by atoms with Crippen LogP contribution in [-0.2, 0) is 11.2 Å². The van der Waals surface area contributed by atoms with Crippen molar-refractivity contribution in [2.45, 2.75) is 37.8 Å². The Morgan fingerprint density at radius 3 is 2.57 bits per heavy atom. The van der Waals surface area contributed by atoms with Crippen LogP contribution in [0.4, 0.5) is 0 Å². The highest BCUT2D eigenvalue weighted by Gasteiger charge is 2.34. The SMILES string of the molecule is CN=C(NCC1(NC(C)c2ccccc2)CCOCC1)N(C)CCc1cccs1.I. The van der Waals surface area contributed by atoms with E-state index >= 15 is 0 Å². The van der Waals surface area contributed by atoms with Crippen LogP contribution in [0.15, 0.2) is 52.8 Å². The maximum Gasteiger partial charge on any atom is 0.193 e. The quantitative estimate of drug-likeness (QED) is 0.297. The molecule has 2 N–H and O–H groups in total. The lowest BCUT2D eigenvalue weighted by atomic mass is 9.88. The molecule has 1 atom stereocenters. The summed E-state index contributed by atoms with van der Waals surface area (Å²) in [5, 5.41) is 9.67. The van der Waals surface area contributed by atoms with E-state index in [2.05, 4.69) is 82.3 Å². The van der Waals surface area contributed by atoms with Crippen molar-refractivity contribution in [3.8, 4) is 0 Å². The van der Waals surface area contributed by atoms with E-state index in [1.54, 1.807) is 0 Å². The summed E-state index contributed by atoms with van der Waals surface area (Å²) in [4.78, 5) is 8.14. The largest absolute Gasteiger partial charge is 0.381 e. The third kappa shape index (κ3) is 7.21. The molecule has 0 amide bonds. The summed E-state index contributed by atoms with van der Waals surface area (Å²) in [6.07, 6.45) is 3.03. The lowest BCUT2D eigenvalue weighted by Crippen LogP contribution is -2.58. The summed E-state index contributed by atoms with van der Waals surface area (Å²) in [5.41, 5.74) is 1.31. The summed E-state index contributed by atoms with van der Waals surface area (Å²) in [5.74, 6) is 0.946. The van der Waals surface area contributed by atoms with Gasteiger partial charge in [0.15, 0.2) is 5.96 Å². The Bertz CT molecular complexity index is 748. The highest BCUT2D eigenvalue weighted by molar-refractivity contribution is 14.0. The molecular weight excluding hydrogens is 507 g/mol. The van der Waals surface area contributed by atoms with Crippen LogP contribution in [0.5, 0.6) is 0 Å². The zero-order valence-electron chi connectivity index (χ0n) is 18.3. The van der Waals surface area contributed by atoms with E-state index in [9.17, 15) is 0 Å². The molecule has 2 aromatic rings. The number of aliphatic imine (C=N–C) groups is 1. The highest BCUT2D eigenvalue weighted by atomic mass is 127. The Balaban J connectivity index is 0.00000320. The fourth-order valence-corrected chi connectivity index (χ4v) is 4.59. The van der Waals surface area contributed by atoms with Crippen LogP contribution in [-0.4, -0.2) is 56.8 Å². The van der Waals surface area contributed by atoms with E-state index in [4.69, 9.17) is 4.74 Å². The molecule has 0 radical (unpaired) electrons. The first-order chi connectivity index (χ1) is 14.1. The molecule has 1 saturated heterocycles. The molecule has 166 valence electrons. The molecule has 1 fully saturated rings. The zero-order valence-corrected chi connectivity index (χ0v) is 21.4. The number of halogens is 1. The molecule has 0 aliphatic carbocycles. The summed E-state index contributed by atoms with van der Waals surface area (Å²) < 4.78 is 5.67. The number of likely N-dealkylation sites (N-methyl/N-ethyl adjacent to an activating group) is 1. The topological polar surface area (TPSA) is 48.9 Å². The number of nitrogens with zero attached hydrogens (tertiary/aromatic N) is 2. The van der Waals surface area contributed by atoms with Crippen LogP contribution < -0.4 is 10.6 Å². The molecule has 1 aromatic carbocycles. The molecule has 1 aromatic heterocycles. The molecule has 3 rings (SSSR count). The van der Waals surface area contributed by atoms with Crippen molar-refractivity contribution in [1.82, 2.24) is 15.5 Å². The number of hydrogen-bond acceptors (Lipinski definition) is 4. The van der Waals surface area contributed by atoms with Gasteiger partial charge in [0.1, 0.15) is 0 Å². The molecule has 30 heavy (non-hydrogen) atoms. The highest BCUT2D eigenvalue weighted by Crippen LogP contribution is 2.25. The third-order valence-corrected chi connectivity index (χ3v) is 6.64. The Kier molecular flexibility index (Phi) is 10.6. The standard InChI is InChI=1S/C23H34N4OS.HI/c1-19(20-8-5-4-6-9-20)26-23(12-15-28-16-13-23)18-25-22(24-2)27(3)14-11-21-10-7-17-29-21;/h4-10,17,19,26H,11-16,18H2,1-3H3,(H,24,25);1H. The second kappa shape index (κ2) is 12.6. The molecule has 2 heterocycles. The van der Waals surface area contributed by atoms with Gasteiger partial charge in [0, 0.05) is 56.9 Å². The number of nitrogens with one attached hydrogen (secondary N) is 2. The fraction of sp³-hybridized carbons (Fsp3) is 0.522. The first-order valence-corrected chi connectivity index (χ1v) is 11.3. The number of rotatable bonds is 8. The lowest BCUT2D eigenvalue weighted by Gasteiger charge is -2.41. The number of ether oxygens (including phenoxy) is 1. The minimum Gasteiger partial charge on any atom is -0.381 e. The van der Waals surface area contributed by atoms with Crippen LogP contribution in [0.3, 0.4) is 0 Å². The molecule has 0 bridgehead atoms. The average molecular weight is 543 g/mol. The predicted octanol–water partition coefficient (Wildman–Crippen LogP) is 4.32. The van der Waals surface area contributed by atoms with Gasteiger partial charge in [-0.25, -0.2) is 0 Å². The van der Waals surface area contributed by atoms with E-state index in [-0.39, 0.29) is 35.6 Å². The van der Waals surface area contributed by atoms with Gasteiger partial charge >= 0.3 is 0 Å². The van der Waals surface area contributed by atoms with Gasteiger partial charge in [-0.05, 0) is 43.2 Å². The second-order valence-electron chi connectivity index (χ2n) is 7.82. The maximum absolute atomic E-state index is 5.67.